The van der Waals surface area contributed by atoms with E-state index in [4.69, 9.17) is 23.7 Å². The zero-order chi connectivity index (χ0) is 29.4. The Morgan fingerprint density at radius 1 is 1.00 bits per heavy atom. The molecule has 1 fully saturated rings. The first kappa shape index (κ1) is 30.0. The number of hydrogen-bond acceptors (Lipinski definition) is 8. The number of piperazine rings is 1. The van der Waals surface area contributed by atoms with Crippen LogP contribution in [0.25, 0.3) is 0 Å². The van der Waals surface area contributed by atoms with Crippen molar-refractivity contribution in [2.45, 2.75) is 64.2 Å². The van der Waals surface area contributed by atoms with Crippen LogP contribution in [-0.4, -0.2) is 79.6 Å². The lowest BCUT2D eigenvalue weighted by Crippen LogP contribution is -2.57. The second kappa shape index (κ2) is 13.6. The third-order valence-electron chi connectivity index (χ3n) is 7.08. The minimum atomic E-state index is -0.638. The SMILES string of the molecule is COC(=O)CCC1COc2ccc(OCC[C@@H]3CN(C(=O)OCc4ccccc4)CCN3C(=O)OC(C)(C)C)cc21. The van der Waals surface area contributed by atoms with Crippen molar-refractivity contribution in [3.8, 4) is 11.5 Å². The fraction of sp³-hybridized carbons (Fsp3) is 0.516. The molecule has 0 aromatic heterocycles. The number of hydrogen-bond donors (Lipinski definition) is 0. The minimum absolute atomic E-state index is 0.0871. The highest BCUT2D eigenvalue weighted by molar-refractivity contribution is 5.71. The summed E-state index contributed by atoms with van der Waals surface area (Å²) in [5, 5.41) is 0. The molecule has 0 N–H and O–H groups in total. The molecule has 4 rings (SSSR count). The van der Waals surface area contributed by atoms with Gasteiger partial charge in [-0.05, 0) is 51.0 Å². The number of amides is 2. The highest BCUT2D eigenvalue weighted by atomic mass is 16.6. The van der Waals surface area contributed by atoms with Gasteiger partial charge in [-0.2, -0.15) is 0 Å². The second-order valence-electron chi connectivity index (χ2n) is 11.3. The lowest BCUT2D eigenvalue weighted by atomic mass is 9.96. The summed E-state index contributed by atoms with van der Waals surface area (Å²) in [4.78, 5) is 40.8. The van der Waals surface area contributed by atoms with Gasteiger partial charge in [-0.15, -0.1) is 0 Å². The normalized spacial score (nSPS) is 18.2. The van der Waals surface area contributed by atoms with Crippen LogP contribution in [0.15, 0.2) is 48.5 Å². The van der Waals surface area contributed by atoms with Crippen molar-refractivity contribution in [2.75, 3.05) is 40.0 Å². The van der Waals surface area contributed by atoms with E-state index in [0.717, 1.165) is 16.9 Å². The van der Waals surface area contributed by atoms with Crippen molar-refractivity contribution in [3.63, 3.8) is 0 Å². The molecule has 10 heteroatoms. The molecule has 2 aliphatic rings. The van der Waals surface area contributed by atoms with Gasteiger partial charge in [0, 0.05) is 44.0 Å². The molecular weight excluding hydrogens is 528 g/mol. The number of carbonyl (C=O) groups is 3. The zero-order valence-corrected chi connectivity index (χ0v) is 24.3. The number of ether oxygens (including phenoxy) is 5. The predicted octanol–water partition coefficient (Wildman–Crippen LogP) is 5.14. The number of methoxy groups -OCH3 is 1. The first-order valence-corrected chi connectivity index (χ1v) is 14.0. The smallest absolute Gasteiger partial charge is 0.410 e. The average Bonchev–Trinajstić information content (AvgIpc) is 3.36. The third kappa shape index (κ3) is 8.52. The molecule has 0 bridgehead atoms. The summed E-state index contributed by atoms with van der Waals surface area (Å²) < 4.78 is 27.8. The molecule has 0 saturated carbocycles. The molecule has 2 amide bonds. The highest BCUT2D eigenvalue weighted by Gasteiger charge is 2.35. The highest BCUT2D eigenvalue weighted by Crippen LogP contribution is 2.39. The lowest BCUT2D eigenvalue weighted by molar-refractivity contribution is -0.140. The average molecular weight is 569 g/mol. The number of carbonyl (C=O) groups excluding carboxylic acids is 3. The summed E-state index contributed by atoms with van der Waals surface area (Å²) in [6.45, 7) is 7.50. The van der Waals surface area contributed by atoms with Gasteiger partial charge in [-0.25, -0.2) is 9.59 Å². The van der Waals surface area contributed by atoms with E-state index in [-0.39, 0.29) is 24.5 Å². The number of esters is 1. The van der Waals surface area contributed by atoms with Crippen LogP contribution >= 0.6 is 0 Å². The summed E-state index contributed by atoms with van der Waals surface area (Å²) in [7, 11) is 1.39. The van der Waals surface area contributed by atoms with E-state index in [1.165, 1.54) is 7.11 Å². The third-order valence-corrected chi connectivity index (χ3v) is 7.08. The van der Waals surface area contributed by atoms with Crippen molar-refractivity contribution < 1.29 is 38.1 Å². The van der Waals surface area contributed by atoms with Gasteiger partial charge < -0.3 is 33.5 Å². The van der Waals surface area contributed by atoms with Crippen LogP contribution < -0.4 is 9.47 Å². The molecule has 1 saturated heterocycles. The van der Waals surface area contributed by atoms with E-state index < -0.39 is 17.8 Å². The van der Waals surface area contributed by atoms with E-state index in [1.54, 1.807) is 9.80 Å². The molecule has 2 aromatic rings. The molecule has 222 valence electrons. The quantitative estimate of drug-likeness (QED) is 0.303. The van der Waals surface area contributed by atoms with Crippen LogP contribution in [0.1, 0.15) is 57.1 Å². The predicted molar refractivity (Wildman–Crippen MR) is 151 cm³/mol. The van der Waals surface area contributed by atoms with Gasteiger partial charge in [-0.1, -0.05) is 30.3 Å². The zero-order valence-electron chi connectivity index (χ0n) is 24.3. The fourth-order valence-corrected chi connectivity index (χ4v) is 4.93. The van der Waals surface area contributed by atoms with E-state index in [1.807, 2.05) is 69.3 Å². The first-order valence-electron chi connectivity index (χ1n) is 14.0. The van der Waals surface area contributed by atoms with Gasteiger partial charge in [0.2, 0.25) is 0 Å². The van der Waals surface area contributed by atoms with Gasteiger partial charge in [0.25, 0.3) is 0 Å². The molecule has 0 spiro atoms. The molecule has 0 aliphatic carbocycles. The minimum Gasteiger partial charge on any atom is -0.494 e. The molecule has 10 nitrogen and oxygen atoms in total. The number of nitrogens with zero attached hydrogens (tertiary/aromatic N) is 2. The van der Waals surface area contributed by atoms with Crippen LogP contribution in [0.3, 0.4) is 0 Å². The van der Waals surface area contributed by atoms with Crippen molar-refractivity contribution in [1.29, 1.82) is 0 Å². The molecule has 2 heterocycles. The van der Waals surface area contributed by atoms with Crippen LogP contribution in [0, 0.1) is 0 Å². The summed E-state index contributed by atoms with van der Waals surface area (Å²) in [6, 6.07) is 14.9. The summed E-state index contributed by atoms with van der Waals surface area (Å²) in [6.07, 6.45) is 0.609. The molecule has 1 unspecified atom stereocenters. The van der Waals surface area contributed by atoms with E-state index >= 15 is 0 Å². The topological polar surface area (TPSA) is 104 Å². The summed E-state index contributed by atoms with van der Waals surface area (Å²) in [5.74, 6) is 1.31. The van der Waals surface area contributed by atoms with Crippen LogP contribution in [0.4, 0.5) is 9.59 Å². The Morgan fingerprint density at radius 2 is 1.78 bits per heavy atom. The Balaban J connectivity index is 1.37. The number of fused-ring (bicyclic) bond motifs is 1. The lowest BCUT2D eigenvalue weighted by Gasteiger charge is -2.41. The number of rotatable bonds is 9. The van der Waals surface area contributed by atoms with E-state index in [9.17, 15) is 14.4 Å². The van der Waals surface area contributed by atoms with Crippen molar-refractivity contribution in [1.82, 2.24) is 9.80 Å². The molecule has 41 heavy (non-hydrogen) atoms. The molecule has 0 radical (unpaired) electrons. The maximum absolute atomic E-state index is 13.0. The van der Waals surface area contributed by atoms with Gasteiger partial charge in [0.1, 0.15) is 23.7 Å². The first-order chi connectivity index (χ1) is 19.6. The number of benzene rings is 2. The summed E-state index contributed by atoms with van der Waals surface area (Å²) >= 11 is 0. The van der Waals surface area contributed by atoms with Gasteiger partial charge in [0.05, 0.1) is 26.4 Å². The largest absolute Gasteiger partial charge is 0.494 e. The standard InChI is InChI=1S/C31H40N2O8/c1-31(2,3)41-30(36)33-16-15-32(29(35)40-20-22-8-6-5-7-9-22)19-24(33)14-17-38-25-11-12-27-26(18-25)23(21-39-27)10-13-28(34)37-4/h5-9,11-12,18,23-24H,10,13-17,19-21H2,1-4H3/t23?,24-/m1/s1. The van der Waals surface area contributed by atoms with Gasteiger partial charge in [0.15, 0.2) is 0 Å². The Kier molecular flexibility index (Phi) is 9.96. The molecule has 2 aliphatic heterocycles. The molecule has 2 atom stereocenters. The van der Waals surface area contributed by atoms with Crippen molar-refractivity contribution in [2.24, 2.45) is 0 Å². The van der Waals surface area contributed by atoms with Crippen LogP contribution in [-0.2, 0) is 25.6 Å². The maximum atomic E-state index is 13.0. The molecule has 2 aromatic carbocycles. The van der Waals surface area contributed by atoms with Gasteiger partial charge >= 0.3 is 18.2 Å². The monoisotopic (exact) mass is 568 g/mol. The fourth-order valence-electron chi connectivity index (χ4n) is 4.93. The van der Waals surface area contributed by atoms with Crippen molar-refractivity contribution in [3.05, 3.63) is 59.7 Å². The Hall–Kier alpha value is -3.95. The molecular formula is C31H40N2O8. The van der Waals surface area contributed by atoms with Crippen LogP contribution in [0.5, 0.6) is 11.5 Å². The maximum Gasteiger partial charge on any atom is 0.410 e. The Bertz CT molecular complexity index is 1200. The Labute approximate surface area is 241 Å². The second-order valence-corrected chi connectivity index (χ2v) is 11.3. The summed E-state index contributed by atoms with van der Waals surface area (Å²) in [5.41, 5.74) is 1.28. The van der Waals surface area contributed by atoms with Crippen LogP contribution in [0.2, 0.25) is 0 Å². The van der Waals surface area contributed by atoms with Gasteiger partial charge in [-0.3, -0.25) is 4.79 Å². The van der Waals surface area contributed by atoms with E-state index in [2.05, 4.69) is 0 Å². The van der Waals surface area contributed by atoms with Crippen molar-refractivity contribution >= 4 is 18.2 Å². The van der Waals surface area contributed by atoms with E-state index in [0.29, 0.717) is 57.9 Å². The Morgan fingerprint density at radius 3 is 2.51 bits per heavy atom.